The topological polar surface area (TPSA) is 107 Å². The summed E-state index contributed by atoms with van der Waals surface area (Å²) < 4.78 is 60.7. The van der Waals surface area contributed by atoms with Gasteiger partial charge in [0.2, 0.25) is 7.01 Å². The summed E-state index contributed by atoms with van der Waals surface area (Å²) in [5.74, 6) is -2.09. The van der Waals surface area contributed by atoms with Gasteiger partial charge in [-0.15, -0.1) is 0 Å². The molecule has 0 bridgehead atoms. The monoisotopic (exact) mass is 462 g/mol. The van der Waals surface area contributed by atoms with Crippen LogP contribution >= 0.6 is 21.2 Å². The number of halogens is 4. The average molecular weight is 462 g/mol. The molecule has 0 aliphatic heterocycles. The van der Waals surface area contributed by atoms with E-state index < -0.39 is 41.6 Å². The van der Waals surface area contributed by atoms with Gasteiger partial charge < -0.3 is 10.4 Å². The smallest absolute Gasteiger partial charge is 0.379 e. The highest BCUT2D eigenvalue weighted by Crippen LogP contribution is 2.33. The lowest BCUT2D eigenvalue weighted by atomic mass is 10.1. The summed E-state index contributed by atoms with van der Waals surface area (Å²) in [6.07, 6.45) is -4.81. The maximum absolute atomic E-state index is 12.8. The van der Waals surface area contributed by atoms with E-state index >= 15 is 0 Å². The summed E-state index contributed by atoms with van der Waals surface area (Å²) in [7, 11) is -3.73. The molecule has 1 atom stereocenters. The first-order valence-electron chi connectivity index (χ1n) is 5.84. The Bertz CT molecular complexity index is 769. The molecule has 1 aromatic carbocycles. The predicted octanol–water partition coefficient (Wildman–Crippen LogP) is 2.03. The SMILES string of the molecule is CC(O)(CS(=O)(=O)I)C(=O)Nc1ccc(C#N)c(C(F)(F)F)c1. The van der Waals surface area contributed by atoms with Gasteiger partial charge in [-0.25, -0.2) is 8.42 Å². The number of nitrogens with one attached hydrogen (secondary N) is 1. The van der Waals surface area contributed by atoms with Gasteiger partial charge in [0, 0.05) is 5.69 Å². The second-order valence-electron chi connectivity index (χ2n) is 4.78. The lowest BCUT2D eigenvalue weighted by molar-refractivity contribution is -0.137. The Balaban J connectivity index is 3.11. The molecule has 0 fully saturated rings. The van der Waals surface area contributed by atoms with Crippen LogP contribution in [-0.4, -0.2) is 30.8 Å². The van der Waals surface area contributed by atoms with Gasteiger partial charge in [-0.1, -0.05) is 0 Å². The molecule has 0 aliphatic carbocycles. The number of benzene rings is 1. The number of amides is 1. The Hall–Kier alpha value is -1.39. The van der Waals surface area contributed by atoms with Crippen LogP contribution in [0.1, 0.15) is 18.1 Å². The van der Waals surface area contributed by atoms with Crippen LogP contribution in [0.5, 0.6) is 0 Å². The van der Waals surface area contributed by atoms with Crippen molar-refractivity contribution in [1.29, 1.82) is 5.26 Å². The number of rotatable bonds is 4. The summed E-state index contributed by atoms with van der Waals surface area (Å²) in [6, 6.07) is 3.82. The third-order valence-electron chi connectivity index (χ3n) is 2.65. The second kappa shape index (κ2) is 6.62. The van der Waals surface area contributed by atoms with Gasteiger partial charge in [0.05, 0.1) is 44.2 Å². The van der Waals surface area contributed by atoms with E-state index in [1.807, 2.05) is 5.32 Å². The van der Waals surface area contributed by atoms with Crippen molar-refractivity contribution in [3.8, 4) is 6.07 Å². The van der Waals surface area contributed by atoms with E-state index in [1.165, 1.54) is 6.07 Å². The van der Waals surface area contributed by atoms with Crippen molar-refractivity contribution < 1.29 is 31.5 Å². The Kier molecular flexibility index (Phi) is 5.65. The number of nitriles is 1. The van der Waals surface area contributed by atoms with Gasteiger partial charge in [-0.05, 0) is 25.1 Å². The number of nitrogens with zero attached hydrogens (tertiary/aromatic N) is 1. The van der Waals surface area contributed by atoms with Crippen molar-refractivity contribution in [3.63, 3.8) is 0 Å². The van der Waals surface area contributed by atoms with Gasteiger partial charge in [-0.2, -0.15) is 18.4 Å². The van der Waals surface area contributed by atoms with Crippen molar-refractivity contribution in [3.05, 3.63) is 29.3 Å². The second-order valence-corrected chi connectivity index (χ2v) is 10.2. The minimum Gasteiger partial charge on any atom is -0.379 e. The molecule has 0 radical (unpaired) electrons. The third-order valence-corrected chi connectivity index (χ3v) is 4.49. The molecule has 126 valence electrons. The fraction of sp³-hybridized carbons (Fsp3) is 0.333. The zero-order valence-corrected chi connectivity index (χ0v) is 14.5. The maximum Gasteiger partial charge on any atom is 0.417 e. The number of aliphatic hydroxyl groups is 1. The molecular formula is C12H10F3IN2O4S. The van der Waals surface area contributed by atoms with Crippen LogP contribution in [0.4, 0.5) is 18.9 Å². The zero-order valence-electron chi connectivity index (χ0n) is 11.5. The highest BCUT2D eigenvalue weighted by atomic mass is 127. The first-order valence-corrected chi connectivity index (χ1v) is 10.0. The highest BCUT2D eigenvalue weighted by Gasteiger charge is 2.36. The number of hydrogen-bond donors (Lipinski definition) is 2. The summed E-state index contributed by atoms with van der Waals surface area (Å²) in [5, 5.41) is 20.5. The molecule has 0 saturated heterocycles. The van der Waals surface area contributed by atoms with Crippen LogP contribution in [0.15, 0.2) is 18.2 Å². The zero-order chi connectivity index (χ0) is 18.1. The molecule has 23 heavy (non-hydrogen) atoms. The number of hydrogen-bond acceptors (Lipinski definition) is 5. The standard InChI is InChI=1S/C12H10F3IN2O4S/c1-11(20,6-23(16,21)22)10(19)18-8-3-2-7(5-17)9(4-8)12(13,14)15/h2-4,20H,6H2,1H3,(H,18,19). The molecule has 0 spiro atoms. The Morgan fingerprint density at radius 2 is 2.00 bits per heavy atom. The molecule has 6 nitrogen and oxygen atoms in total. The number of carbonyl (C=O) groups is 1. The summed E-state index contributed by atoms with van der Waals surface area (Å²) in [5.41, 5.74) is -4.53. The van der Waals surface area contributed by atoms with E-state index in [0.717, 1.165) is 40.3 Å². The molecular weight excluding hydrogens is 452 g/mol. The van der Waals surface area contributed by atoms with Crippen molar-refractivity contribution in [2.45, 2.75) is 18.7 Å². The highest BCUT2D eigenvalue weighted by molar-refractivity contribution is 14.2. The molecule has 1 unspecified atom stereocenters. The number of alkyl halides is 3. The summed E-state index contributed by atoms with van der Waals surface area (Å²) in [6.45, 7) is 0.923. The molecule has 1 rings (SSSR count). The van der Waals surface area contributed by atoms with Crippen LogP contribution in [0.3, 0.4) is 0 Å². The van der Waals surface area contributed by atoms with E-state index in [2.05, 4.69) is 0 Å². The number of anilines is 1. The van der Waals surface area contributed by atoms with Gasteiger partial charge >= 0.3 is 6.18 Å². The Morgan fingerprint density at radius 1 is 1.43 bits per heavy atom. The number of carbonyl (C=O) groups excluding carboxylic acids is 1. The Morgan fingerprint density at radius 3 is 2.43 bits per heavy atom. The van der Waals surface area contributed by atoms with Gasteiger partial charge in [0.15, 0.2) is 5.60 Å². The lowest BCUT2D eigenvalue weighted by Gasteiger charge is -2.21. The molecule has 2 N–H and O–H groups in total. The molecule has 0 aromatic heterocycles. The lowest BCUT2D eigenvalue weighted by Crippen LogP contribution is -2.44. The quantitative estimate of drug-likeness (QED) is 0.526. The van der Waals surface area contributed by atoms with Gasteiger partial charge in [0.1, 0.15) is 0 Å². The fourth-order valence-corrected chi connectivity index (χ4v) is 4.24. The predicted molar refractivity (Wildman–Crippen MR) is 83.2 cm³/mol. The first kappa shape index (κ1) is 19.7. The van der Waals surface area contributed by atoms with Crippen LogP contribution in [0, 0.1) is 11.3 Å². The Labute approximate surface area is 141 Å². The molecule has 11 heteroatoms. The fourth-order valence-electron chi connectivity index (χ4n) is 1.62. The van der Waals surface area contributed by atoms with E-state index in [1.54, 1.807) is 0 Å². The molecule has 1 amide bonds. The van der Waals surface area contributed by atoms with E-state index in [-0.39, 0.29) is 5.69 Å². The van der Waals surface area contributed by atoms with Crippen molar-refractivity contribution in [2.75, 3.05) is 11.1 Å². The van der Waals surface area contributed by atoms with Gasteiger partial charge in [-0.3, -0.25) is 4.79 Å². The maximum atomic E-state index is 12.8. The molecule has 0 heterocycles. The van der Waals surface area contributed by atoms with Crippen molar-refractivity contribution in [2.24, 2.45) is 0 Å². The van der Waals surface area contributed by atoms with E-state index in [9.17, 15) is 31.5 Å². The van der Waals surface area contributed by atoms with Gasteiger partial charge in [0.25, 0.3) is 5.91 Å². The average Bonchev–Trinajstić information content (AvgIpc) is 2.34. The van der Waals surface area contributed by atoms with Crippen LogP contribution in [0.25, 0.3) is 0 Å². The van der Waals surface area contributed by atoms with E-state index in [0.29, 0.717) is 6.07 Å². The van der Waals surface area contributed by atoms with Crippen LogP contribution < -0.4 is 5.32 Å². The van der Waals surface area contributed by atoms with E-state index in [4.69, 9.17) is 5.26 Å². The molecule has 1 aromatic rings. The summed E-state index contributed by atoms with van der Waals surface area (Å²) in [4.78, 5) is 11.9. The summed E-state index contributed by atoms with van der Waals surface area (Å²) >= 11 is 1.04. The first-order chi connectivity index (χ1) is 10.3. The van der Waals surface area contributed by atoms with Crippen LogP contribution in [0.2, 0.25) is 0 Å². The minimum atomic E-state index is -4.81. The molecule has 0 saturated carbocycles. The third kappa shape index (κ3) is 5.63. The van der Waals surface area contributed by atoms with Crippen molar-refractivity contribution in [1.82, 2.24) is 0 Å². The minimum absolute atomic E-state index is 0.326. The largest absolute Gasteiger partial charge is 0.417 e. The van der Waals surface area contributed by atoms with Crippen LogP contribution in [-0.2, 0) is 18.0 Å². The van der Waals surface area contributed by atoms with Crippen molar-refractivity contribution >= 4 is 39.8 Å². The molecule has 0 aliphatic rings. The normalized spacial score (nSPS) is 14.7.